The maximum atomic E-state index is 12.9. The smallest absolute Gasteiger partial charge is 0.228 e. The number of hydrogen-bond acceptors (Lipinski definition) is 3. The molecule has 5 heteroatoms. The van der Waals surface area contributed by atoms with Crippen molar-refractivity contribution in [2.45, 2.75) is 104 Å². The van der Waals surface area contributed by atoms with Crippen LogP contribution in [0.25, 0.3) is 0 Å². The molecule has 1 N–H and O–H groups in total. The summed E-state index contributed by atoms with van der Waals surface area (Å²) in [7, 11) is 0. The van der Waals surface area contributed by atoms with Gasteiger partial charge in [-0.1, -0.05) is 108 Å². The number of amides is 1. The van der Waals surface area contributed by atoms with E-state index >= 15 is 0 Å². The molecule has 1 aromatic heterocycles. The van der Waals surface area contributed by atoms with Gasteiger partial charge in [0.2, 0.25) is 5.91 Å². The fourth-order valence-electron chi connectivity index (χ4n) is 5.11. The van der Waals surface area contributed by atoms with Gasteiger partial charge in [0, 0.05) is 28.9 Å². The summed E-state index contributed by atoms with van der Waals surface area (Å²) < 4.78 is 8.25. The van der Waals surface area contributed by atoms with Gasteiger partial charge in [-0.15, -0.1) is 0 Å². The first-order chi connectivity index (χ1) is 20.1. The second kappa shape index (κ2) is 18.8. The molecule has 0 fully saturated rings. The highest BCUT2D eigenvalue weighted by molar-refractivity contribution is 5.98. The molecule has 0 spiro atoms. The van der Waals surface area contributed by atoms with Crippen LogP contribution in [0.15, 0.2) is 73.1 Å². The second-order valence-corrected chi connectivity index (χ2v) is 11.1. The van der Waals surface area contributed by atoms with Gasteiger partial charge in [-0.25, -0.2) is 4.57 Å². The zero-order valence-electron chi connectivity index (χ0n) is 25.2. The van der Waals surface area contributed by atoms with E-state index in [9.17, 15) is 9.59 Å². The minimum atomic E-state index is -0.133. The molecule has 1 heterocycles. The number of benzene rings is 2. The van der Waals surface area contributed by atoms with Crippen molar-refractivity contribution >= 4 is 17.4 Å². The molecule has 0 saturated carbocycles. The van der Waals surface area contributed by atoms with E-state index in [-0.39, 0.29) is 18.1 Å². The van der Waals surface area contributed by atoms with E-state index in [1.807, 2.05) is 67.0 Å². The van der Waals surface area contributed by atoms with Crippen LogP contribution in [0.1, 0.15) is 112 Å². The Kier molecular flexibility index (Phi) is 14.7. The van der Waals surface area contributed by atoms with E-state index in [0.29, 0.717) is 17.9 Å². The minimum Gasteiger partial charge on any atom is -0.493 e. The highest BCUT2D eigenvalue weighted by Gasteiger charge is 2.16. The zero-order valence-corrected chi connectivity index (χ0v) is 25.2. The van der Waals surface area contributed by atoms with Crippen LogP contribution in [0.4, 0.5) is 5.69 Å². The molecule has 0 saturated heterocycles. The summed E-state index contributed by atoms with van der Waals surface area (Å²) in [6, 6.07) is 19.4. The second-order valence-electron chi connectivity index (χ2n) is 11.1. The lowest BCUT2D eigenvalue weighted by molar-refractivity contribution is -0.688. The van der Waals surface area contributed by atoms with Gasteiger partial charge < -0.3 is 10.1 Å². The van der Waals surface area contributed by atoms with Gasteiger partial charge >= 0.3 is 0 Å². The Hall–Kier alpha value is -3.47. The normalized spacial score (nSPS) is 10.9. The first-order valence-corrected chi connectivity index (χ1v) is 15.7. The van der Waals surface area contributed by atoms with Crippen LogP contribution in [0.3, 0.4) is 0 Å². The summed E-state index contributed by atoms with van der Waals surface area (Å²) in [6.45, 7) is 5.13. The van der Waals surface area contributed by atoms with Crippen molar-refractivity contribution in [2.75, 3.05) is 11.9 Å². The number of Topliss-reactive ketones (excluding diaryl/α,β-unsaturated/α-hetero) is 1. The van der Waals surface area contributed by atoms with Crippen molar-refractivity contribution in [3.63, 3.8) is 0 Å². The molecule has 41 heavy (non-hydrogen) atoms. The predicted octanol–water partition coefficient (Wildman–Crippen LogP) is 8.49. The third kappa shape index (κ3) is 12.3. The number of nitrogens with one attached hydrogen (secondary N) is 1. The number of ether oxygens (including phenoxy) is 1. The van der Waals surface area contributed by atoms with Crippen molar-refractivity contribution in [1.82, 2.24) is 0 Å². The van der Waals surface area contributed by atoms with Crippen LogP contribution in [0.5, 0.6) is 5.75 Å². The number of ketones is 1. The first kappa shape index (κ1) is 32.0. The highest BCUT2D eigenvalue weighted by Crippen LogP contribution is 2.26. The Balaban J connectivity index is 1.42. The van der Waals surface area contributed by atoms with Gasteiger partial charge in [0.25, 0.3) is 0 Å². The van der Waals surface area contributed by atoms with Gasteiger partial charge in [0.05, 0.1) is 18.6 Å². The van der Waals surface area contributed by atoms with Crippen molar-refractivity contribution < 1.29 is 18.9 Å². The van der Waals surface area contributed by atoms with E-state index < -0.39 is 0 Å². The number of pyridine rings is 1. The lowest BCUT2D eigenvalue weighted by Gasteiger charge is -2.15. The molecule has 0 aliphatic rings. The van der Waals surface area contributed by atoms with Crippen molar-refractivity contribution in [1.29, 1.82) is 0 Å². The summed E-state index contributed by atoms with van der Waals surface area (Å²) in [5.41, 5.74) is 3.18. The monoisotopic (exact) mass is 557 g/mol. The third-order valence-electron chi connectivity index (χ3n) is 7.45. The number of para-hydroxylation sites is 1. The molecule has 0 aliphatic heterocycles. The Labute approximate surface area is 247 Å². The van der Waals surface area contributed by atoms with Crippen molar-refractivity contribution in [3.05, 3.63) is 89.7 Å². The Bertz CT molecular complexity index is 1180. The van der Waals surface area contributed by atoms with Crippen LogP contribution < -0.4 is 14.6 Å². The molecule has 0 bridgehead atoms. The molecule has 0 unspecified atom stereocenters. The van der Waals surface area contributed by atoms with Crippen LogP contribution in [0.2, 0.25) is 0 Å². The van der Waals surface area contributed by atoms with Crippen LogP contribution >= 0.6 is 0 Å². The van der Waals surface area contributed by atoms with E-state index in [1.165, 1.54) is 64.2 Å². The molecular formula is C36H49N2O3+. The van der Waals surface area contributed by atoms with Gasteiger partial charge in [0.15, 0.2) is 24.7 Å². The summed E-state index contributed by atoms with van der Waals surface area (Å²) in [4.78, 5) is 25.2. The SMILES string of the molecule is CCCCCCCCCCCCCCOc1c(CC(=O)Nc2ccc(C[n+]3ccccc3)cc2)cccc1C(C)=O. The van der Waals surface area contributed by atoms with Gasteiger partial charge in [-0.2, -0.15) is 0 Å². The summed E-state index contributed by atoms with van der Waals surface area (Å²) in [5, 5.41) is 2.99. The fourth-order valence-corrected chi connectivity index (χ4v) is 5.11. The molecule has 3 aromatic rings. The van der Waals surface area contributed by atoms with Crippen molar-refractivity contribution in [3.8, 4) is 5.75 Å². The van der Waals surface area contributed by atoms with Gasteiger partial charge in [0.1, 0.15) is 5.75 Å². The topological polar surface area (TPSA) is 59.3 Å². The molecule has 0 aliphatic carbocycles. The molecule has 220 valence electrons. The molecule has 0 atom stereocenters. The lowest BCUT2D eigenvalue weighted by atomic mass is 10.0. The largest absolute Gasteiger partial charge is 0.493 e. The average Bonchev–Trinajstić information content (AvgIpc) is 2.97. The number of aromatic nitrogens is 1. The summed E-state index contributed by atoms with van der Waals surface area (Å²) >= 11 is 0. The standard InChI is InChI=1S/C36H48N2O3/c1-3-4-5-6-7-8-9-10-11-12-13-17-27-41-36-32(19-18-20-34(36)30(2)39)28-35(40)37-33-23-21-31(22-24-33)29-38-25-15-14-16-26-38/h14-16,18-26H,3-13,17,27-29H2,1-2H3/p+1. The van der Waals surface area contributed by atoms with E-state index in [4.69, 9.17) is 4.74 Å². The molecule has 5 nitrogen and oxygen atoms in total. The molecule has 3 rings (SSSR count). The fraction of sp³-hybridized carbons (Fsp3) is 0.472. The Morgan fingerprint density at radius 1 is 0.732 bits per heavy atom. The number of anilines is 1. The summed E-state index contributed by atoms with van der Waals surface area (Å²) in [6.07, 6.45) is 19.6. The number of carbonyl (C=O) groups excluding carboxylic acids is 2. The maximum Gasteiger partial charge on any atom is 0.228 e. The molecule has 1 amide bonds. The predicted molar refractivity (Wildman–Crippen MR) is 168 cm³/mol. The Morgan fingerprint density at radius 3 is 1.95 bits per heavy atom. The number of carbonyl (C=O) groups is 2. The minimum absolute atomic E-state index is 0.0520. The third-order valence-corrected chi connectivity index (χ3v) is 7.45. The average molecular weight is 558 g/mol. The first-order valence-electron chi connectivity index (χ1n) is 15.7. The number of nitrogens with zero attached hydrogens (tertiary/aromatic N) is 1. The van der Waals surface area contributed by atoms with E-state index in [0.717, 1.165) is 36.2 Å². The number of rotatable bonds is 20. The zero-order chi connectivity index (χ0) is 29.1. The van der Waals surface area contributed by atoms with Gasteiger partial charge in [-0.3, -0.25) is 9.59 Å². The van der Waals surface area contributed by atoms with Crippen molar-refractivity contribution in [2.24, 2.45) is 0 Å². The highest BCUT2D eigenvalue weighted by atomic mass is 16.5. The molecular weight excluding hydrogens is 508 g/mol. The van der Waals surface area contributed by atoms with E-state index in [1.54, 1.807) is 13.0 Å². The van der Waals surface area contributed by atoms with Crippen LogP contribution in [0, 0.1) is 0 Å². The molecule has 0 radical (unpaired) electrons. The van der Waals surface area contributed by atoms with E-state index in [2.05, 4.69) is 16.8 Å². The van der Waals surface area contributed by atoms with Crippen LogP contribution in [-0.2, 0) is 17.8 Å². The molecule has 2 aromatic carbocycles. The number of hydrogen-bond donors (Lipinski definition) is 1. The van der Waals surface area contributed by atoms with Crippen LogP contribution in [-0.4, -0.2) is 18.3 Å². The maximum absolute atomic E-state index is 12.9. The van der Waals surface area contributed by atoms with Gasteiger partial charge in [-0.05, 0) is 31.5 Å². The lowest BCUT2D eigenvalue weighted by Crippen LogP contribution is -2.32. The number of unbranched alkanes of at least 4 members (excludes halogenated alkanes) is 11. The quantitative estimate of drug-likeness (QED) is 0.0861. The Morgan fingerprint density at radius 2 is 1.34 bits per heavy atom. The summed E-state index contributed by atoms with van der Waals surface area (Å²) in [5.74, 6) is 0.364.